The first kappa shape index (κ1) is 14.1. The molecular formula is C18H16BrNO. The maximum atomic E-state index is 12.5. The van der Waals surface area contributed by atoms with E-state index in [9.17, 15) is 4.79 Å². The van der Waals surface area contributed by atoms with Crippen LogP contribution in [0, 0.1) is 0 Å². The lowest BCUT2D eigenvalue weighted by Crippen LogP contribution is -2.34. The van der Waals surface area contributed by atoms with Crippen LogP contribution in [-0.2, 0) is 11.2 Å². The molecule has 0 fully saturated rings. The van der Waals surface area contributed by atoms with Gasteiger partial charge in [0, 0.05) is 22.3 Å². The van der Waals surface area contributed by atoms with E-state index < -0.39 is 0 Å². The van der Waals surface area contributed by atoms with Gasteiger partial charge in [0.2, 0.25) is 0 Å². The maximum absolute atomic E-state index is 12.5. The van der Waals surface area contributed by atoms with Crippen molar-refractivity contribution in [3.8, 4) is 0 Å². The van der Waals surface area contributed by atoms with Crippen LogP contribution in [0.2, 0.25) is 0 Å². The van der Waals surface area contributed by atoms with Gasteiger partial charge in [0.1, 0.15) is 0 Å². The van der Waals surface area contributed by atoms with E-state index in [1.165, 1.54) is 5.56 Å². The van der Waals surface area contributed by atoms with E-state index in [2.05, 4.69) is 28.9 Å². The molecular weight excluding hydrogens is 326 g/mol. The van der Waals surface area contributed by atoms with Crippen molar-refractivity contribution in [1.82, 2.24) is 0 Å². The zero-order valence-electron chi connectivity index (χ0n) is 11.8. The van der Waals surface area contributed by atoms with Gasteiger partial charge < -0.3 is 4.90 Å². The van der Waals surface area contributed by atoms with E-state index in [-0.39, 0.29) is 11.9 Å². The van der Waals surface area contributed by atoms with Gasteiger partial charge in [-0.15, -0.1) is 0 Å². The molecule has 1 atom stereocenters. The third-order valence-corrected chi connectivity index (χ3v) is 4.20. The van der Waals surface area contributed by atoms with Gasteiger partial charge in [0.25, 0.3) is 5.91 Å². The standard InChI is InChI=1S/C18H16BrNO/c1-13-11-15-6-2-3-8-17(15)20(13)18(21)10-9-14-5-4-7-16(19)12-14/h2-10,12-13H,11H2,1H3/b10-9+. The number of benzene rings is 2. The fourth-order valence-corrected chi connectivity index (χ4v) is 3.18. The number of nitrogens with zero attached hydrogens (tertiary/aromatic N) is 1. The second kappa shape index (κ2) is 5.86. The van der Waals surface area contributed by atoms with Crippen LogP contribution in [0.3, 0.4) is 0 Å². The molecule has 2 aromatic rings. The number of rotatable bonds is 2. The van der Waals surface area contributed by atoms with Crippen molar-refractivity contribution < 1.29 is 4.79 Å². The summed E-state index contributed by atoms with van der Waals surface area (Å²) in [4.78, 5) is 14.4. The molecule has 21 heavy (non-hydrogen) atoms. The van der Waals surface area contributed by atoms with E-state index in [4.69, 9.17) is 0 Å². The van der Waals surface area contributed by atoms with E-state index in [0.717, 1.165) is 22.1 Å². The molecule has 1 heterocycles. The van der Waals surface area contributed by atoms with Gasteiger partial charge in [-0.25, -0.2) is 0 Å². The second-order valence-electron chi connectivity index (χ2n) is 5.28. The molecule has 1 aliphatic rings. The van der Waals surface area contributed by atoms with Crippen molar-refractivity contribution in [1.29, 1.82) is 0 Å². The van der Waals surface area contributed by atoms with E-state index >= 15 is 0 Å². The van der Waals surface area contributed by atoms with Crippen LogP contribution in [0.4, 0.5) is 5.69 Å². The summed E-state index contributed by atoms with van der Waals surface area (Å²) in [7, 11) is 0. The van der Waals surface area contributed by atoms with Crippen molar-refractivity contribution >= 4 is 33.6 Å². The van der Waals surface area contributed by atoms with Gasteiger partial charge in [-0.2, -0.15) is 0 Å². The van der Waals surface area contributed by atoms with Gasteiger partial charge in [-0.05, 0) is 48.7 Å². The first-order valence-corrected chi connectivity index (χ1v) is 7.79. The molecule has 0 N–H and O–H groups in total. The van der Waals surface area contributed by atoms with Crippen molar-refractivity contribution in [3.05, 3.63) is 70.2 Å². The van der Waals surface area contributed by atoms with Crippen LogP contribution >= 0.6 is 15.9 Å². The molecule has 106 valence electrons. The highest BCUT2D eigenvalue weighted by molar-refractivity contribution is 9.10. The van der Waals surface area contributed by atoms with Crippen LogP contribution in [-0.4, -0.2) is 11.9 Å². The second-order valence-corrected chi connectivity index (χ2v) is 6.19. The molecule has 2 aromatic carbocycles. The number of carbonyl (C=O) groups excluding carboxylic acids is 1. The van der Waals surface area contributed by atoms with Gasteiger partial charge in [-0.3, -0.25) is 4.79 Å². The molecule has 0 spiro atoms. The van der Waals surface area contributed by atoms with Crippen LogP contribution in [0.1, 0.15) is 18.1 Å². The number of carbonyl (C=O) groups is 1. The molecule has 0 radical (unpaired) electrons. The van der Waals surface area contributed by atoms with Crippen LogP contribution < -0.4 is 4.90 Å². The molecule has 1 aliphatic heterocycles. The lowest BCUT2D eigenvalue weighted by atomic mass is 10.1. The fourth-order valence-electron chi connectivity index (χ4n) is 2.76. The average molecular weight is 342 g/mol. The summed E-state index contributed by atoms with van der Waals surface area (Å²) >= 11 is 3.44. The molecule has 3 heteroatoms. The Morgan fingerprint density at radius 3 is 2.86 bits per heavy atom. The van der Waals surface area contributed by atoms with Gasteiger partial charge in [0.15, 0.2) is 0 Å². The monoisotopic (exact) mass is 341 g/mol. The summed E-state index contributed by atoms with van der Waals surface area (Å²) in [6, 6.07) is 16.2. The molecule has 1 amide bonds. The summed E-state index contributed by atoms with van der Waals surface area (Å²) in [6.45, 7) is 2.09. The average Bonchev–Trinajstić information content (AvgIpc) is 2.81. The minimum atomic E-state index is 0.0347. The van der Waals surface area contributed by atoms with Crippen LogP contribution in [0.25, 0.3) is 6.08 Å². The Bertz CT molecular complexity index is 708. The molecule has 1 unspecified atom stereocenters. The third kappa shape index (κ3) is 2.93. The van der Waals surface area contributed by atoms with Crippen molar-refractivity contribution in [2.75, 3.05) is 4.90 Å². The number of anilines is 1. The number of amides is 1. The van der Waals surface area contributed by atoms with E-state index in [0.29, 0.717) is 0 Å². The maximum Gasteiger partial charge on any atom is 0.251 e. The number of hydrogen-bond acceptors (Lipinski definition) is 1. The Morgan fingerprint density at radius 1 is 1.24 bits per heavy atom. The van der Waals surface area contributed by atoms with Crippen LogP contribution in [0.15, 0.2) is 59.1 Å². The Labute approximate surface area is 133 Å². The zero-order valence-corrected chi connectivity index (χ0v) is 13.4. The molecule has 2 nitrogen and oxygen atoms in total. The summed E-state index contributed by atoms with van der Waals surface area (Å²) in [5.41, 5.74) is 3.29. The predicted octanol–water partition coefficient (Wildman–Crippen LogP) is 4.44. The van der Waals surface area contributed by atoms with Gasteiger partial charge in [0.05, 0.1) is 0 Å². The Hall–Kier alpha value is -1.87. The first-order chi connectivity index (χ1) is 10.1. The SMILES string of the molecule is CC1Cc2ccccc2N1C(=O)/C=C/c1cccc(Br)c1. The largest absolute Gasteiger partial charge is 0.305 e. The summed E-state index contributed by atoms with van der Waals surface area (Å²) in [5.74, 6) is 0.0347. The highest BCUT2D eigenvalue weighted by Crippen LogP contribution is 2.32. The number of hydrogen-bond donors (Lipinski definition) is 0. The Balaban J connectivity index is 1.83. The topological polar surface area (TPSA) is 20.3 Å². The number of fused-ring (bicyclic) bond motifs is 1. The minimum Gasteiger partial charge on any atom is -0.305 e. The van der Waals surface area contributed by atoms with Gasteiger partial charge in [-0.1, -0.05) is 46.3 Å². The van der Waals surface area contributed by atoms with Crippen molar-refractivity contribution in [2.45, 2.75) is 19.4 Å². The zero-order chi connectivity index (χ0) is 14.8. The highest BCUT2D eigenvalue weighted by Gasteiger charge is 2.28. The Morgan fingerprint density at radius 2 is 2.05 bits per heavy atom. The molecule has 0 aromatic heterocycles. The lowest BCUT2D eigenvalue weighted by molar-refractivity contribution is -0.114. The first-order valence-electron chi connectivity index (χ1n) is 7.00. The minimum absolute atomic E-state index is 0.0347. The molecule has 0 saturated heterocycles. The van der Waals surface area contributed by atoms with E-state index in [1.54, 1.807) is 6.08 Å². The fraction of sp³-hybridized carbons (Fsp3) is 0.167. The Kier molecular flexibility index (Phi) is 3.93. The molecule has 0 saturated carbocycles. The summed E-state index contributed by atoms with van der Waals surface area (Å²) in [5, 5.41) is 0. The smallest absolute Gasteiger partial charge is 0.251 e. The normalized spacial score (nSPS) is 17.2. The molecule has 0 aliphatic carbocycles. The predicted molar refractivity (Wildman–Crippen MR) is 90.3 cm³/mol. The van der Waals surface area contributed by atoms with Crippen LogP contribution in [0.5, 0.6) is 0 Å². The highest BCUT2D eigenvalue weighted by atomic mass is 79.9. The third-order valence-electron chi connectivity index (χ3n) is 3.71. The quantitative estimate of drug-likeness (QED) is 0.739. The molecule has 0 bridgehead atoms. The lowest BCUT2D eigenvalue weighted by Gasteiger charge is -2.20. The number of para-hydroxylation sites is 1. The van der Waals surface area contributed by atoms with Crippen molar-refractivity contribution in [3.63, 3.8) is 0 Å². The van der Waals surface area contributed by atoms with Crippen molar-refractivity contribution in [2.24, 2.45) is 0 Å². The summed E-state index contributed by atoms with van der Waals surface area (Å²) in [6.07, 6.45) is 4.44. The van der Waals surface area contributed by atoms with Gasteiger partial charge >= 0.3 is 0 Å². The summed E-state index contributed by atoms with van der Waals surface area (Å²) < 4.78 is 1.01. The van der Waals surface area contributed by atoms with E-state index in [1.807, 2.05) is 53.4 Å². The molecule has 3 rings (SSSR count). The number of halogens is 1.